The third kappa shape index (κ3) is 3.17. The number of aliphatic carboxylic acids is 1. The first-order valence-corrected chi connectivity index (χ1v) is 4.87. The van der Waals surface area contributed by atoms with E-state index in [1.807, 2.05) is 0 Å². The molecule has 1 rings (SSSR count). The highest BCUT2D eigenvalue weighted by atomic mass is 16.4. The molecular formula is C9H16N2O4. The fraction of sp³-hybridized carbons (Fsp3) is 0.778. The molecule has 0 spiro atoms. The molecule has 1 aliphatic heterocycles. The van der Waals surface area contributed by atoms with Crippen molar-refractivity contribution in [3.05, 3.63) is 0 Å². The molecule has 86 valence electrons. The highest BCUT2D eigenvalue weighted by molar-refractivity contribution is 5.81. The Morgan fingerprint density at radius 3 is 2.73 bits per heavy atom. The number of hydrogen-bond donors (Lipinski definition) is 4. The van der Waals surface area contributed by atoms with Crippen LogP contribution in [0.5, 0.6) is 0 Å². The van der Waals surface area contributed by atoms with E-state index in [9.17, 15) is 14.7 Å². The molecule has 1 saturated heterocycles. The van der Waals surface area contributed by atoms with Crippen molar-refractivity contribution in [2.45, 2.75) is 18.9 Å². The SMILES string of the molecule is CC(O)(CNC(=O)C1CCNC1)C(=O)O. The second kappa shape index (κ2) is 4.59. The predicted molar refractivity (Wildman–Crippen MR) is 52.2 cm³/mol. The predicted octanol–water partition coefficient (Wildman–Crippen LogP) is -1.45. The van der Waals surface area contributed by atoms with Crippen LogP contribution in [-0.2, 0) is 9.59 Å². The van der Waals surface area contributed by atoms with Gasteiger partial charge in [0.2, 0.25) is 5.91 Å². The molecule has 6 heteroatoms. The number of nitrogens with one attached hydrogen (secondary N) is 2. The standard InChI is InChI=1S/C9H16N2O4/c1-9(15,8(13)14)5-11-7(12)6-2-3-10-4-6/h6,10,15H,2-5H2,1H3,(H,11,12)(H,13,14). The Bertz CT molecular complexity index is 259. The Kier molecular flexibility index (Phi) is 3.65. The molecule has 0 aromatic carbocycles. The lowest BCUT2D eigenvalue weighted by atomic mass is 10.1. The Labute approximate surface area is 87.7 Å². The summed E-state index contributed by atoms with van der Waals surface area (Å²) in [6.45, 7) is 2.30. The summed E-state index contributed by atoms with van der Waals surface area (Å²) in [5, 5.41) is 23.4. The number of amides is 1. The van der Waals surface area contributed by atoms with Crippen molar-refractivity contribution < 1.29 is 19.8 Å². The first kappa shape index (κ1) is 11.9. The van der Waals surface area contributed by atoms with Crippen molar-refractivity contribution in [1.29, 1.82) is 0 Å². The molecule has 2 atom stereocenters. The van der Waals surface area contributed by atoms with Crippen LogP contribution in [0.25, 0.3) is 0 Å². The number of carboxylic acid groups (broad SMARTS) is 1. The van der Waals surface area contributed by atoms with E-state index in [2.05, 4.69) is 10.6 Å². The zero-order valence-corrected chi connectivity index (χ0v) is 8.62. The fourth-order valence-corrected chi connectivity index (χ4v) is 1.36. The average molecular weight is 216 g/mol. The highest BCUT2D eigenvalue weighted by Gasteiger charge is 2.31. The van der Waals surface area contributed by atoms with Gasteiger partial charge in [-0.2, -0.15) is 0 Å². The van der Waals surface area contributed by atoms with Crippen LogP contribution in [0.3, 0.4) is 0 Å². The van der Waals surface area contributed by atoms with Gasteiger partial charge in [0.1, 0.15) is 0 Å². The van der Waals surface area contributed by atoms with Gasteiger partial charge in [0.05, 0.1) is 12.5 Å². The van der Waals surface area contributed by atoms with Crippen molar-refractivity contribution >= 4 is 11.9 Å². The van der Waals surface area contributed by atoms with Gasteiger partial charge in [0.25, 0.3) is 0 Å². The maximum atomic E-state index is 11.5. The van der Waals surface area contributed by atoms with Crippen LogP contribution in [0, 0.1) is 5.92 Å². The topological polar surface area (TPSA) is 98.7 Å². The van der Waals surface area contributed by atoms with Gasteiger partial charge in [-0.05, 0) is 19.9 Å². The Morgan fingerprint density at radius 1 is 1.60 bits per heavy atom. The molecule has 1 heterocycles. The van der Waals surface area contributed by atoms with Gasteiger partial charge in [0, 0.05) is 6.54 Å². The van der Waals surface area contributed by atoms with E-state index in [0.717, 1.165) is 19.9 Å². The summed E-state index contributed by atoms with van der Waals surface area (Å²) >= 11 is 0. The Balaban J connectivity index is 2.36. The molecule has 1 aliphatic rings. The summed E-state index contributed by atoms with van der Waals surface area (Å²) in [6, 6.07) is 0. The molecule has 0 aromatic heterocycles. The molecule has 15 heavy (non-hydrogen) atoms. The number of carbonyl (C=O) groups excluding carboxylic acids is 1. The number of carboxylic acids is 1. The lowest BCUT2D eigenvalue weighted by Gasteiger charge is -2.19. The van der Waals surface area contributed by atoms with Gasteiger partial charge in [-0.3, -0.25) is 4.79 Å². The molecule has 6 nitrogen and oxygen atoms in total. The van der Waals surface area contributed by atoms with E-state index in [0.29, 0.717) is 6.54 Å². The van der Waals surface area contributed by atoms with Crippen molar-refractivity contribution in [2.24, 2.45) is 5.92 Å². The molecule has 1 amide bonds. The van der Waals surface area contributed by atoms with Crippen molar-refractivity contribution in [3.63, 3.8) is 0 Å². The van der Waals surface area contributed by atoms with E-state index in [4.69, 9.17) is 5.11 Å². The third-order valence-electron chi connectivity index (χ3n) is 2.50. The summed E-state index contributed by atoms with van der Waals surface area (Å²) in [7, 11) is 0. The number of hydrogen-bond acceptors (Lipinski definition) is 4. The summed E-state index contributed by atoms with van der Waals surface area (Å²) < 4.78 is 0. The van der Waals surface area contributed by atoms with E-state index < -0.39 is 11.6 Å². The lowest BCUT2D eigenvalue weighted by molar-refractivity contribution is -0.156. The monoisotopic (exact) mass is 216 g/mol. The van der Waals surface area contributed by atoms with E-state index in [1.54, 1.807) is 0 Å². The summed E-state index contributed by atoms with van der Waals surface area (Å²) in [5.74, 6) is -1.66. The van der Waals surface area contributed by atoms with Gasteiger partial charge >= 0.3 is 5.97 Å². The molecule has 0 radical (unpaired) electrons. The fourth-order valence-electron chi connectivity index (χ4n) is 1.36. The largest absolute Gasteiger partial charge is 0.479 e. The van der Waals surface area contributed by atoms with Crippen LogP contribution in [0.1, 0.15) is 13.3 Å². The second-order valence-corrected chi connectivity index (χ2v) is 3.99. The van der Waals surface area contributed by atoms with Crippen LogP contribution >= 0.6 is 0 Å². The van der Waals surface area contributed by atoms with Gasteiger partial charge in [0.15, 0.2) is 5.60 Å². The maximum absolute atomic E-state index is 11.5. The molecule has 0 aromatic rings. The third-order valence-corrected chi connectivity index (χ3v) is 2.50. The van der Waals surface area contributed by atoms with Crippen LogP contribution in [-0.4, -0.2) is 47.3 Å². The smallest absolute Gasteiger partial charge is 0.337 e. The van der Waals surface area contributed by atoms with E-state index in [1.165, 1.54) is 0 Å². The number of aliphatic hydroxyl groups is 1. The van der Waals surface area contributed by atoms with Crippen molar-refractivity contribution in [3.8, 4) is 0 Å². The molecule has 4 N–H and O–H groups in total. The Morgan fingerprint density at radius 2 is 2.27 bits per heavy atom. The summed E-state index contributed by atoms with van der Waals surface area (Å²) in [4.78, 5) is 22.0. The first-order chi connectivity index (χ1) is 6.93. The molecule has 0 bridgehead atoms. The van der Waals surface area contributed by atoms with Gasteiger partial charge in [-0.25, -0.2) is 4.79 Å². The second-order valence-electron chi connectivity index (χ2n) is 3.99. The van der Waals surface area contributed by atoms with Crippen molar-refractivity contribution in [2.75, 3.05) is 19.6 Å². The molecule has 2 unspecified atom stereocenters. The zero-order chi connectivity index (χ0) is 11.5. The lowest BCUT2D eigenvalue weighted by Crippen LogP contribution is -2.48. The van der Waals surface area contributed by atoms with E-state index in [-0.39, 0.29) is 18.4 Å². The zero-order valence-electron chi connectivity index (χ0n) is 8.62. The van der Waals surface area contributed by atoms with Gasteiger partial charge < -0.3 is 20.8 Å². The number of carbonyl (C=O) groups is 2. The highest BCUT2D eigenvalue weighted by Crippen LogP contribution is 2.08. The van der Waals surface area contributed by atoms with Crippen LogP contribution in [0.15, 0.2) is 0 Å². The van der Waals surface area contributed by atoms with Crippen molar-refractivity contribution in [1.82, 2.24) is 10.6 Å². The minimum absolute atomic E-state index is 0.116. The minimum Gasteiger partial charge on any atom is -0.479 e. The summed E-state index contributed by atoms with van der Waals surface area (Å²) in [5.41, 5.74) is -1.90. The van der Waals surface area contributed by atoms with Gasteiger partial charge in [-0.15, -0.1) is 0 Å². The normalized spacial score (nSPS) is 24.5. The molecular weight excluding hydrogens is 200 g/mol. The molecule has 1 fully saturated rings. The molecule has 0 saturated carbocycles. The quantitative estimate of drug-likeness (QED) is 0.461. The Hall–Kier alpha value is -1.14. The maximum Gasteiger partial charge on any atom is 0.337 e. The van der Waals surface area contributed by atoms with Crippen LogP contribution < -0.4 is 10.6 Å². The minimum atomic E-state index is -1.90. The summed E-state index contributed by atoms with van der Waals surface area (Å²) in [6.07, 6.45) is 0.751. The van der Waals surface area contributed by atoms with Gasteiger partial charge in [-0.1, -0.05) is 0 Å². The first-order valence-electron chi connectivity index (χ1n) is 4.87. The average Bonchev–Trinajstić information content (AvgIpc) is 2.66. The van der Waals surface area contributed by atoms with Crippen LogP contribution in [0.4, 0.5) is 0 Å². The molecule has 0 aliphatic carbocycles. The van der Waals surface area contributed by atoms with E-state index >= 15 is 0 Å². The van der Waals surface area contributed by atoms with Crippen LogP contribution in [0.2, 0.25) is 0 Å². The number of rotatable bonds is 4.